The van der Waals surface area contributed by atoms with Gasteiger partial charge in [0.1, 0.15) is 18.1 Å². The average molecular weight is 454 g/mol. The Balaban J connectivity index is 1.70. The fourth-order valence-electron chi connectivity index (χ4n) is 3.17. The van der Waals surface area contributed by atoms with Gasteiger partial charge in [-0.05, 0) is 55.0 Å². The monoisotopic (exact) mass is 453 g/mol. The maximum absolute atomic E-state index is 12.1. The van der Waals surface area contributed by atoms with E-state index in [0.717, 1.165) is 28.3 Å². The second-order valence-corrected chi connectivity index (χ2v) is 7.56. The molecule has 0 unspecified atom stereocenters. The van der Waals surface area contributed by atoms with Crippen molar-refractivity contribution in [3.8, 4) is 11.5 Å². The normalized spacial score (nSPS) is 10.4. The molecule has 0 radical (unpaired) electrons. The van der Waals surface area contributed by atoms with Gasteiger partial charge >= 0.3 is 6.03 Å². The first-order valence-corrected chi connectivity index (χ1v) is 10.8. The lowest BCUT2D eigenvalue weighted by molar-refractivity contribution is 0.248. The maximum atomic E-state index is 12.1. The van der Waals surface area contributed by atoms with Gasteiger partial charge in [-0.1, -0.05) is 35.9 Å². The van der Waals surface area contributed by atoms with Crippen molar-refractivity contribution < 1.29 is 14.3 Å². The quantitative estimate of drug-likeness (QED) is 0.436. The molecule has 6 nitrogen and oxygen atoms in total. The molecule has 0 spiro atoms. The van der Waals surface area contributed by atoms with Crippen molar-refractivity contribution in [2.75, 3.05) is 30.9 Å². The second kappa shape index (κ2) is 11.3. The summed E-state index contributed by atoms with van der Waals surface area (Å²) < 4.78 is 11.3. The number of rotatable bonds is 9. The number of urea groups is 1. The third-order valence-electron chi connectivity index (χ3n) is 4.94. The Hall–Kier alpha value is -3.38. The zero-order chi connectivity index (χ0) is 22.9. The third kappa shape index (κ3) is 6.08. The number of hydrogen-bond acceptors (Lipinski definition) is 4. The highest BCUT2D eigenvalue weighted by Gasteiger charge is 2.12. The standard InChI is InChI=1S/C25H28ClN3O3/c1-4-27-25(30)29(2)20-10-6-9-19(15-20)28-16-22-23(26)12-7-13-24(22)32-17-18-8-5-11-21(14-18)31-3/h5-15,28H,4,16-17H2,1-3H3,(H,27,30). The Morgan fingerprint density at radius 1 is 1.06 bits per heavy atom. The van der Waals surface area contributed by atoms with E-state index in [1.54, 1.807) is 19.1 Å². The number of methoxy groups -OCH3 is 1. The molecule has 0 saturated heterocycles. The van der Waals surface area contributed by atoms with E-state index < -0.39 is 0 Å². The summed E-state index contributed by atoms with van der Waals surface area (Å²) in [7, 11) is 3.38. The molecule has 32 heavy (non-hydrogen) atoms. The summed E-state index contributed by atoms with van der Waals surface area (Å²) in [4.78, 5) is 13.7. The fraction of sp³-hybridized carbons (Fsp3) is 0.240. The Labute approximate surface area is 194 Å². The molecule has 0 bridgehead atoms. The summed E-state index contributed by atoms with van der Waals surface area (Å²) in [5.41, 5.74) is 3.52. The molecule has 0 aliphatic heterocycles. The average Bonchev–Trinajstić information content (AvgIpc) is 2.82. The van der Waals surface area contributed by atoms with Crippen LogP contribution in [0, 0.1) is 0 Å². The smallest absolute Gasteiger partial charge is 0.321 e. The highest BCUT2D eigenvalue weighted by Crippen LogP contribution is 2.29. The minimum absolute atomic E-state index is 0.149. The molecule has 0 fully saturated rings. The van der Waals surface area contributed by atoms with Crippen LogP contribution in [0.4, 0.5) is 16.2 Å². The maximum Gasteiger partial charge on any atom is 0.321 e. The van der Waals surface area contributed by atoms with E-state index in [0.29, 0.717) is 30.5 Å². The molecule has 168 valence electrons. The Bertz CT molecular complexity index is 1060. The van der Waals surface area contributed by atoms with E-state index in [9.17, 15) is 4.79 Å². The van der Waals surface area contributed by atoms with Gasteiger partial charge < -0.3 is 20.1 Å². The zero-order valence-corrected chi connectivity index (χ0v) is 19.3. The molecule has 3 aromatic carbocycles. The van der Waals surface area contributed by atoms with Crippen LogP contribution in [0.15, 0.2) is 66.7 Å². The molecule has 0 atom stereocenters. The first kappa shape index (κ1) is 23.3. The first-order valence-electron chi connectivity index (χ1n) is 10.4. The lowest BCUT2D eigenvalue weighted by Crippen LogP contribution is -2.37. The summed E-state index contributed by atoms with van der Waals surface area (Å²) in [6, 6.07) is 20.9. The largest absolute Gasteiger partial charge is 0.497 e. The van der Waals surface area contributed by atoms with E-state index in [1.807, 2.05) is 73.7 Å². The van der Waals surface area contributed by atoms with Gasteiger partial charge in [0, 0.05) is 42.1 Å². The number of nitrogens with zero attached hydrogens (tertiary/aromatic N) is 1. The van der Waals surface area contributed by atoms with Crippen molar-refractivity contribution in [1.82, 2.24) is 5.32 Å². The number of nitrogens with one attached hydrogen (secondary N) is 2. The van der Waals surface area contributed by atoms with E-state index in [1.165, 1.54) is 0 Å². The van der Waals surface area contributed by atoms with Crippen molar-refractivity contribution in [3.05, 3.63) is 82.9 Å². The first-order chi connectivity index (χ1) is 15.5. The third-order valence-corrected chi connectivity index (χ3v) is 5.29. The van der Waals surface area contributed by atoms with Crippen molar-refractivity contribution in [1.29, 1.82) is 0 Å². The lowest BCUT2D eigenvalue weighted by atomic mass is 10.1. The molecule has 0 saturated carbocycles. The molecule has 3 aromatic rings. The van der Waals surface area contributed by atoms with Crippen molar-refractivity contribution in [2.45, 2.75) is 20.1 Å². The van der Waals surface area contributed by atoms with Crippen LogP contribution in [0.2, 0.25) is 5.02 Å². The number of carbonyl (C=O) groups is 1. The molecule has 7 heteroatoms. The Morgan fingerprint density at radius 3 is 2.62 bits per heavy atom. The van der Waals surface area contributed by atoms with E-state index in [4.69, 9.17) is 21.1 Å². The Morgan fingerprint density at radius 2 is 1.84 bits per heavy atom. The molecule has 0 aliphatic rings. The number of anilines is 2. The fourth-order valence-corrected chi connectivity index (χ4v) is 3.40. The number of amides is 2. The van der Waals surface area contributed by atoms with Crippen LogP contribution in [0.5, 0.6) is 11.5 Å². The van der Waals surface area contributed by atoms with Gasteiger partial charge in [-0.2, -0.15) is 0 Å². The van der Waals surface area contributed by atoms with Gasteiger partial charge in [0.05, 0.1) is 7.11 Å². The van der Waals surface area contributed by atoms with Crippen LogP contribution >= 0.6 is 11.6 Å². The van der Waals surface area contributed by atoms with E-state index >= 15 is 0 Å². The summed E-state index contributed by atoms with van der Waals surface area (Å²) in [6.07, 6.45) is 0. The van der Waals surface area contributed by atoms with E-state index in [2.05, 4.69) is 10.6 Å². The number of ether oxygens (including phenoxy) is 2. The van der Waals surface area contributed by atoms with Crippen molar-refractivity contribution in [2.24, 2.45) is 0 Å². The number of halogens is 1. The van der Waals surface area contributed by atoms with Crippen LogP contribution in [0.25, 0.3) is 0 Å². The molecule has 2 N–H and O–H groups in total. The molecule has 2 amide bonds. The summed E-state index contributed by atoms with van der Waals surface area (Å²) in [5, 5.41) is 6.80. The molecular formula is C25H28ClN3O3. The summed E-state index contributed by atoms with van der Waals surface area (Å²) in [5.74, 6) is 1.50. The zero-order valence-electron chi connectivity index (χ0n) is 18.5. The highest BCUT2D eigenvalue weighted by molar-refractivity contribution is 6.31. The van der Waals surface area contributed by atoms with Gasteiger partial charge in [-0.3, -0.25) is 4.90 Å². The van der Waals surface area contributed by atoms with Gasteiger partial charge in [0.2, 0.25) is 0 Å². The van der Waals surface area contributed by atoms with Crippen molar-refractivity contribution >= 4 is 29.0 Å². The van der Waals surface area contributed by atoms with Crippen molar-refractivity contribution in [3.63, 3.8) is 0 Å². The van der Waals surface area contributed by atoms with Gasteiger partial charge in [0.25, 0.3) is 0 Å². The van der Waals surface area contributed by atoms with Gasteiger partial charge in [-0.15, -0.1) is 0 Å². The van der Waals surface area contributed by atoms with Gasteiger partial charge in [-0.25, -0.2) is 4.79 Å². The summed E-state index contributed by atoms with van der Waals surface area (Å²) in [6.45, 7) is 3.34. The highest BCUT2D eigenvalue weighted by atomic mass is 35.5. The summed E-state index contributed by atoms with van der Waals surface area (Å²) >= 11 is 6.48. The SMILES string of the molecule is CCNC(=O)N(C)c1cccc(NCc2c(Cl)cccc2OCc2cccc(OC)c2)c1. The van der Waals surface area contributed by atoms with Crippen LogP contribution in [-0.2, 0) is 13.2 Å². The molecule has 0 aromatic heterocycles. The number of benzene rings is 3. The molecular weight excluding hydrogens is 426 g/mol. The van der Waals surface area contributed by atoms with Gasteiger partial charge in [0.15, 0.2) is 0 Å². The molecule has 0 aliphatic carbocycles. The van der Waals surface area contributed by atoms with Crippen LogP contribution in [0.1, 0.15) is 18.1 Å². The Kier molecular flexibility index (Phi) is 8.22. The minimum atomic E-state index is -0.149. The topological polar surface area (TPSA) is 62.8 Å². The van der Waals surface area contributed by atoms with E-state index in [-0.39, 0.29) is 6.03 Å². The number of carbonyl (C=O) groups excluding carboxylic acids is 1. The molecule has 0 heterocycles. The second-order valence-electron chi connectivity index (χ2n) is 7.16. The predicted molar refractivity (Wildman–Crippen MR) is 130 cm³/mol. The molecule has 3 rings (SSSR count). The van der Waals surface area contributed by atoms with Crippen LogP contribution in [0.3, 0.4) is 0 Å². The number of hydrogen-bond donors (Lipinski definition) is 2. The lowest BCUT2D eigenvalue weighted by Gasteiger charge is -2.19. The predicted octanol–water partition coefficient (Wildman–Crippen LogP) is 5.71. The van der Waals surface area contributed by atoms with Crippen LogP contribution < -0.4 is 25.0 Å². The minimum Gasteiger partial charge on any atom is -0.497 e. The van der Waals surface area contributed by atoms with Crippen LogP contribution in [-0.4, -0.2) is 26.7 Å².